The minimum absolute atomic E-state index is 0.0682. The summed E-state index contributed by atoms with van der Waals surface area (Å²) in [5.74, 6) is 0.573. The highest BCUT2D eigenvalue weighted by molar-refractivity contribution is 5.59. The maximum absolute atomic E-state index is 2.45. The quantitative estimate of drug-likeness (QED) is 0.597. The van der Waals surface area contributed by atoms with Gasteiger partial charge in [0.15, 0.2) is 0 Å². The van der Waals surface area contributed by atoms with Crippen LogP contribution < -0.4 is 0 Å². The van der Waals surface area contributed by atoms with Gasteiger partial charge in [-0.3, -0.25) is 0 Å². The third-order valence-electron chi connectivity index (χ3n) is 5.58. The monoisotopic (exact) mass is 292 g/mol. The summed E-state index contributed by atoms with van der Waals surface area (Å²) in [6.07, 6.45) is 0. The van der Waals surface area contributed by atoms with Gasteiger partial charge < -0.3 is 0 Å². The van der Waals surface area contributed by atoms with Crippen LogP contribution in [0.5, 0.6) is 0 Å². The van der Waals surface area contributed by atoms with E-state index in [1.165, 1.54) is 33.4 Å². The van der Waals surface area contributed by atoms with E-state index in [-0.39, 0.29) is 10.8 Å². The van der Waals surface area contributed by atoms with Crippen LogP contribution in [0.2, 0.25) is 0 Å². The summed E-state index contributed by atoms with van der Waals surface area (Å²) in [7, 11) is 0. The first-order chi connectivity index (χ1) is 10.2. The maximum atomic E-state index is 2.45. The van der Waals surface area contributed by atoms with Crippen LogP contribution in [0, 0.1) is 6.92 Å². The van der Waals surface area contributed by atoms with E-state index < -0.39 is 0 Å². The summed E-state index contributed by atoms with van der Waals surface area (Å²) < 4.78 is 0. The van der Waals surface area contributed by atoms with Crippen LogP contribution in [0.3, 0.4) is 0 Å². The van der Waals surface area contributed by atoms with Crippen molar-refractivity contribution < 1.29 is 0 Å². The van der Waals surface area contributed by atoms with Gasteiger partial charge in [-0.15, -0.1) is 0 Å². The molecular weight excluding hydrogens is 264 g/mol. The molecule has 0 aliphatic heterocycles. The van der Waals surface area contributed by atoms with Gasteiger partial charge in [0.05, 0.1) is 0 Å². The number of rotatable bonds is 1. The Balaban J connectivity index is 2.34. The van der Waals surface area contributed by atoms with Gasteiger partial charge in [0.2, 0.25) is 0 Å². The highest BCUT2D eigenvalue weighted by atomic mass is 14.4. The Morgan fingerprint density at radius 1 is 0.682 bits per heavy atom. The van der Waals surface area contributed by atoms with E-state index in [0.29, 0.717) is 5.92 Å². The van der Waals surface area contributed by atoms with Crippen molar-refractivity contribution in [2.75, 3.05) is 0 Å². The van der Waals surface area contributed by atoms with Gasteiger partial charge in [-0.1, -0.05) is 83.5 Å². The lowest BCUT2D eigenvalue weighted by Gasteiger charge is -2.44. The van der Waals surface area contributed by atoms with Crippen molar-refractivity contribution in [2.24, 2.45) is 0 Å². The summed E-state index contributed by atoms with van der Waals surface area (Å²) in [6.45, 7) is 16.2. The Kier molecular flexibility index (Phi) is 3.29. The molecule has 0 heteroatoms. The van der Waals surface area contributed by atoms with Crippen LogP contribution in [-0.2, 0) is 10.8 Å². The average molecular weight is 292 g/mol. The highest BCUT2D eigenvalue weighted by Crippen LogP contribution is 2.50. The molecule has 0 saturated carbocycles. The lowest BCUT2D eigenvalue weighted by Crippen LogP contribution is -2.36. The first-order valence-corrected chi connectivity index (χ1v) is 8.42. The van der Waals surface area contributed by atoms with Gasteiger partial charge >= 0.3 is 0 Å². The summed E-state index contributed by atoms with van der Waals surface area (Å²) >= 11 is 0. The van der Waals surface area contributed by atoms with Crippen molar-refractivity contribution >= 4 is 0 Å². The van der Waals surface area contributed by atoms with Crippen molar-refractivity contribution in [1.82, 2.24) is 0 Å². The van der Waals surface area contributed by atoms with Crippen molar-refractivity contribution in [2.45, 2.75) is 65.2 Å². The molecule has 0 spiro atoms. The van der Waals surface area contributed by atoms with Crippen molar-refractivity contribution in [3.63, 3.8) is 0 Å². The van der Waals surface area contributed by atoms with Gasteiger partial charge in [0.1, 0.15) is 0 Å². The van der Waals surface area contributed by atoms with Gasteiger partial charge in [0.25, 0.3) is 0 Å². The van der Waals surface area contributed by atoms with E-state index in [0.717, 1.165) is 0 Å². The first-order valence-electron chi connectivity index (χ1n) is 8.42. The molecule has 2 aromatic carbocycles. The second kappa shape index (κ2) is 4.72. The minimum Gasteiger partial charge on any atom is -0.0590 e. The lowest BCUT2D eigenvalue weighted by molar-refractivity contribution is 0.519. The Bertz CT molecular complexity index is 730. The number of hydrogen-bond donors (Lipinski definition) is 0. The largest absolute Gasteiger partial charge is 0.0590 e. The predicted molar refractivity (Wildman–Crippen MR) is 96.0 cm³/mol. The zero-order valence-corrected chi connectivity index (χ0v) is 15.0. The van der Waals surface area contributed by atoms with E-state index in [1.54, 1.807) is 0 Å². The molecule has 1 aliphatic carbocycles. The van der Waals surface area contributed by atoms with E-state index >= 15 is 0 Å². The second-order valence-electron chi connectivity index (χ2n) is 8.26. The molecule has 0 N–H and O–H groups in total. The molecule has 3 rings (SSSR count). The molecule has 0 heterocycles. The Hall–Kier alpha value is -1.56. The van der Waals surface area contributed by atoms with E-state index in [2.05, 4.69) is 84.9 Å². The average Bonchev–Trinajstić information content (AvgIpc) is 2.45. The number of fused-ring (bicyclic) bond motifs is 2. The summed E-state index contributed by atoms with van der Waals surface area (Å²) in [5, 5.41) is 0. The molecule has 0 amide bonds. The van der Waals surface area contributed by atoms with E-state index in [4.69, 9.17) is 0 Å². The first kappa shape index (κ1) is 15.3. The molecule has 0 nitrogen and oxygen atoms in total. The van der Waals surface area contributed by atoms with Crippen LogP contribution in [0.4, 0.5) is 0 Å². The van der Waals surface area contributed by atoms with Crippen LogP contribution >= 0.6 is 0 Å². The zero-order chi connectivity index (χ0) is 16.3. The Labute approximate surface area is 135 Å². The summed E-state index contributed by atoms with van der Waals surface area (Å²) in [6, 6.07) is 14.1. The third kappa shape index (κ3) is 2.04. The van der Waals surface area contributed by atoms with E-state index in [9.17, 15) is 0 Å². The molecule has 0 saturated heterocycles. The number of benzene rings is 2. The normalized spacial score (nSPS) is 18.0. The van der Waals surface area contributed by atoms with Crippen LogP contribution in [-0.4, -0.2) is 0 Å². The molecule has 2 aromatic rings. The fraction of sp³-hybridized carbons (Fsp3) is 0.455. The molecule has 0 fully saturated rings. The molecule has 0 unspecified atom stereocenters. The van der Waals surface area contributed by atoms with Crippen LogP contribution in [0.15, 0.2) is 36.4 Å². The van der Waals surface area contributed by atoms with Crippen molar-refractivity contribution in [1.29, 1.82) is 0 Å². The van der Waals surface area contributed by atoms with Gasteiger partial charge in [-0.05, 0) is 40.7 Å². The van der Waals surface area contributed by atoms with Crippen LogP contribution in [0.1, 0.15) is 80.8 Å². The second-order valence-corrected chi connectivity index (χ2v) is 8.26. The summed E-state index contributed by atoms with van der Waals surface area (Å²) in [5.41, 5.74) is 8.89. The molecule has 1 aliphatic rings. The minimum atomic E-state index is 0.0682. The van der Waals surface area contributed by atoms with Gasteiger partial charge in [0, 0.05) is 10.8 Å². The molecule has 0 atom stereocenters. The standard InChI is InChI=1S/C22H28/c1-14(2)16-9-11-18-20(13-16)22(6,7)17-10-8-15(3)12-19(17)21(18,4)5/h8-14H,1-7H3. The SMILES string of the molecule is Cc1ccc2c(c1)C(C)(C)c1ccc(C(C)C)cc1C2(C)C. The smallest absolute Gasteiger partial charge is 0.0152 e. The molecule has 0 radical (unpaired) electrons. The molecule has 0 aromatic heterocycles. The molecular formula is C22H28. The topological polar surface area (TPSA) is 0 Å². The third-order valence-corrected chi connectivity index (χ3v) is 5.58. The maximum Gasteiger partial charge on any atom is 0.0152 e. The van der Waals surface area contributed by atoms with Gasteiger partial charge in [-0.2, -0.15) is 0 Å². The van der Waals surface area contributed by atoms with Crippen molar-refractivity contribution in [3.8, 4) is 0 Å². The summed E-state index contributed by atoms with van der Waals surface area (Å²) in [4.78, 5) is 0. The molecule has 116 valence electrons. The molecule has 0 bridgehead atoms. The predicted octanol–water partition coefficient (Wildman–Crippen LogP) is 6.08. The van der Waals surface area contributed by atoms with Crippen LogP contribution in [0.25, 0.3) is 0 Å². The highest BCUT2D eigenvalue weighted by Gasteiger charge is 2.41. The fourth-order valence-electron chi connectivity index (χ4n) is 3.99. The lowest BCUT2D eigenvalue weighted by atomic mass is 9.59. The number of aryl methyl sites for hydroxylation is 1. The van der Waals surface area contributed by atoms with Gasteiger partial charge in [-0.25, -0.2) is 0 Å². The van der Waals surface area contributed by atoms with E-state index in [1.807, 2.05) is 0 Å². The zero-order valence-electron chi connectivity index (χ0n) is 15.0. The number of hydrogen-bond acceptors (Lipinski definition) is 0. The fourth-order valence-corrected chi connectivity index (χ4v) is 3.99. The van der Waals surface area contributed by atoms with Crippen molar-refractivity contribution in [3.05, 3.63) is 69.8 Å². The Morgan fingerprint density at radius 3 is 1.73 bits per heavy atom. The Morgan fingerprint density at radius 2 is 1.18 bits per heavy atom. The molecule has 22 heavy (non-hydrogen) atoms.